The molecule has 0 saturated heterocycles. The summed E-state index contributed by atoms with van der Waals surface area (Å²) in [6.07, 6.45) is 3.08. The summed E-state index contributed by atoms with van der Waals surface area (Å²) in [6.45, 7) is 0. The van der Waals surface area contributed by atoms with Crippen LogP contribution in [0.4, 0.5) is 17.1 Å². The zero-order valence-electron chi connectivity index (χ0n) is 15.8. The highest BCUT2D eigenvalue weighted by Crippen LogP contribution is 2.27. The van der Waals surface area contributed by atoms with E-state index in [2.05, 4.69) is 15.4 Å². The van der Waals surface area contributed by atoms with Crippen LogP contribution in [0.3, 0.4) is 0 Å². The van der Waals surface area contributed by atoms with Crippen LogP contribution in [0.1, 0.15) is 29.0 Å². The third kappa shape index (κ3) is 4.36. The van der Waals surface area contributed by atoms with E-state index < -0.39 is 15.9 Å². The van der Waals surface area contributed by atoms with E-state index in [-0.39, 0.29) is 16.6 Å². The lowest BCUT2D eigenvalue weighted by Crippen LogP contribution is -2.15. The summed E-state index contributed by atoms with van der Waals surface area (Å²) in [5.41, 5.74) is 2.14. The maximum Gasteiger partial charge on any atom is 0.291 e. The number of fused-ring (bicyclic) bond motifs is 1. The summed E-state index contributed by atoms with van der Waals surface area (Å²) < 4.78 is 33.3. The zero-order valence-corrected chi connectivity index (χ0v) is 16.7. The van der Waals surface area contributed by atoms with Gasteiger partial charge in [-0.2, -0.15) is 0 Å². The SMILES string of the molecule is O=C1CCCc2cc(S(=O)(=O)Nc3cccc(NC(=O)c4ccco4)c3)ccc2N1. The van der Waals surface area contributed by atoms with Crippen LogP contribution in [0.5, 0.6) is 0 Å². The molecule has 154 valence electrons. The van der Waals surface area contributed by atoms with Gasteiger partial charge in [0.1, 0.15) is 0 Å². The van der Waals surface area contributed by atoms with Crippen LogP contribution in [0.25, 0.3) is 0 Å². The van der Waals surface area contributed by atoms with Crippen molar-refractivity contribution in [3.05, 3.63) is 72.2 Å². The number of furan rings is 1. The van der Waals surface area contributed by atoms with Gasteiger partial charge < -0.3 is 15.1 Å². The number of nitrogens with one attached hydrogen (secondary N) is 3. The van der Waals surface area contributed by atoms with Crippen LogP contribution in [0.15, 0.2) is 70.2 Å². The molecule has 3 N–H and O–H groups in total. The van der Waals surface area contributed by atoms with Crippen LogP contribution in [-0.2, 0) is 21.2 Å². The third-order valence-corrected chi connectivity index (χ3v) is 6.01. The second-order valence-electron chi connectivity index (χ2n) is 6.84. The summed E-state index contributed by atoms with van der Waals surface area (Å²) in [5.74, 6) is -0.359. The Bertz CT molecular complexity index is 1200. The van der Waals surface area contributed by atoms with Crippen LogP contribution >= 0.6 is 0 Å². The number of benzene rings is 2. The Balaban J connectivity index is 1.53. The molecule has 0 spiro atoms. The number of hydrogen-bond acceptors (Lipinski definition) is 5. The van der Waals surface area contributed by atoms with Crippen molar-refractivity contribution in [2.24, 2.45) is 0 Å². The summed E-state index contributed by atoms with van der Waals surface area (Å²) in [5, 5.41) is 5.44. The normalized spacial score (nSPS) is 13.7. The Kier molecular flexibility index (Phi) is 5.28. The van der Waals surface area contributed by atoms with Gasteiger partial charge in [-0.1, -0.05) is 6.07 Å². The molecule has 1 aliphatic rings. The lowest BCUT2D eigenvalue weighted by molar-refractivity contribution is -0.116. The molecule has 2 aromatic carbocycles. The molecule has 0 atom stereocenters. The van der Waals surface area contributed by atoms with Gasteiger partial charge in [0.15, 0.2) is 5.76 Å². The topological polar surface area (TPSA) is 118 Å². The molecule has 3 aromatic rings. The molecule has 2 heterocycles. The Morgan fingerprint density at radius 3 is 2.63 bits per heavy atom. The van der Waals surface area contributed by atoms with Gasteiger partial charge in [0.05, 0.1) is 16.8 Å². The van der Waals surface area contributed by atoms with Gasteiger partial charge in [0.2, 0.25) is 5.91 Å². The van der Waals surface area contributed by atoms with Gasteiger partial charge in [-0.3, -0.25) is 14.3 Å². The molecule has 8 nitrogen and oxygen atoms in total. The Labute approximate surface area is 173 Å². The van der Waals surface area contributed by atoms with E-state index in [0.29, 0.717) is 36.3 Å². The monoisotopic (exact) mass is 425 g/mol. The predicted octanol–water partition coefficient (Wildman–Crippen LogP) is 3.61. The second-order valence-corrected chi connectivity index (χ2v) is 8.52. The highest BCUT2D eigenvalue weighted by Gasteiger charge is 2.19. The van der Waals surface area contributed by atoms with Gasteiger partial charge in [-0.05, 0) is 66.9 Å². The van der Waals surface area contributed by atoms with Crippen molar-refractivity contribution in [3.8, 4) is 0 Å². The van der Waals surface area contributed by atoms with E-state index in [1.807, 2.05) is 0 Å². The fourth-order valence-electron chi connectivity index (χ4n) is 3.19. The number of aryl methyl sites for hydroxylation is 1. The summed E-state index contributed by atoms with van der Waals surface area (Å²) >= 11 is 0. The van der Waals surface area contributed by atoms with Gasteiger partial charge in [0.25, 0.3) is 15.9 Å². The standard InChI is InChI=1S/C21H19N3O5S/c25-20-8-1-4-14-12-17(9-10-18(14)23-20)30(27,28)24-16-6-2-5-15(13-16)22-21(26)19-7-3-11-29-19/h2-3,5-7,9-13,24H,1,4,8H2,(H,22,26)(H,23,25). The van der Waals surface area contributed by atoms with E-state index in [1.54, 1.807) is 36.4 Å². The zero-order chi connectivity index (χ0) is 21.1. The van der Waals surface area contributed by atoms with E-state index in [0.717, 1.165) is 5.56 Å². The van der Waals surface area contributed by atoms with Gasteiger partial charge >= 0.3 is 0 Å². The smallest absolute Gasteiger partial charge is 0.291 e. The minimum atomic E-state index is -3.85. The van der Waals surface area contributed by atoms with Crippen LogP contribution in [-0.4, -0.2) is 20.2 Å². The number of carbonyl (C=O) groups is 2. The van der Waals surface area contributed by atoms with Crippen molar-refractivity contribution in [1.29, 1.82) is 0 Å². The molecular formula is C21H19N3O5S. The fourth-order valence-corrected chi connectivity index (χ4v) is 4.29. The number of anilines is 3. The first-order valence-corrected chi connectivity index (χ1v) is 10.8. The molecule has 0 unspecified atom stereocenters. The molecule has 1 aliphatic heterocycles. The van der Waals surface area contributed by atoms with Crippen molar-refractivity contribution in [2.45, 2.75) is 24.2 Å². The minimum Gasteiger partial charge on any atom is -0.459 e. The molecule has 9 heteroatoms. The van der Waals surface area contributed by atoms with Crippen LogP contribution in [0, 0.1) is 0 Å². The predicted molar refractivity (Wildman–Crippen MR) is 112 cm³/mol. The lowest BCUT2D eigenvalue weighted by Gasteiger charge is -2.12. The molecule has 4 rings (SSSR count). The summed E-state index contributed by atoms with van der Waals surface area (Å²) in [4.78, 5) is 23.9. The Morgan fingerprint density at radius 2 is 1.83 bits per heavy atom. The van der Waals surface area contributed by atoms with Gasteiger partial charge in [-0.15, -0.1) is 0 Å². The third-order valence-electron chi connectivity index (χ3n) is 4.63. The van der Waals surface area contributed by atoms with E-state index in [4.69, 9.17) is 4.42 Å². The van der Waals surface area contributed by atoms with E-state index in [9.17, 15) is 18.0 Å². The molecular weight excluding hydrogens is 406 g/mol. The summed E-state index contributed by atoms with van der Waals surface area (Å²) in [7, 11) is -3.85. The minimum absolute atomic E-state index is 0.0732. The Hall–Kier alpha value is -3.59. The van der Waals surface area contributed by atoms with Gasteiger partial charge in [-0.25, -0.2) is 8.42 Å². The van der Waals surface area contributed by atoms with E-state index in [1.165, 1.54) is 24.5 Å². The molecule has 1 aromatic heterocycles. The highest BCUT2D eigenvalue weighted by atomic mass is 32.2. The average Bonchev–Trinajstić information content (AvgIpc) is 3.17. The molecule has 0 radical (unpaired) electrons. The van der Waals surface area contributed by atoms with Crippen LogP contribution < -0.4 is 15.4 Å². The van der Waals surface area contributed by atoms with Crippen LogP contribution in [0.2, 0.25) is 0 Å². The Morgan fingerprint density at radius 1 is 1.00 bits per heavy atom. The lowest BCUT2D eigenvalue weighted by atomic mass is 10.1. The number of amides is 2. The molecule has 0 saturated carbocycles. The first-order valence-electron chi connectivity index (χ1n) is 9.31. The average molecular weight is 425 g/mol. The van der Waals surface area contributed by atoms with Crippen molar-refractivity contribution in [3.63, 3.8) is 0 Å². The number of hydrogen-bond donors (Lipinski definition) is 3. The van der Waals surface area contributed by atoms with Crippen molar-refractivity contribution in [1.82, 2.24) is 0 Å². The van der Waals surface area contributed by atoms with Crippen molar-refractivity contribution in [2.75, 3.05) is 15.4 Å². The number of rotatable bonds is 5. The maximum atomic E-state index is 12.9. The molecule has 0 bridgehead atoms. The fraction of sp³-hybridized carbons (Fsp3) is 0.143. The largest absolute Gasteiger partial charge is 0.459 e. The van der Waals surface area contributed by atoms with E-state index >= 15 is 0 Å². The van der Waals surface area contributed by atoms with Crippen molar-refractivity contribution >= 4 is 38.9 Å². The quantitative estimate of drug-likeness (QED) is 0.577. The first kappa shape index (κ1) is 19.7. The molecule has 0 fully saturated rings. The summed E-state index contributed by atoms with van der Waals surface area (Å²) in [6, 6.07) is 14.1. The number of sulfonamides is 1. The highest BCUT2D eigenvalue weighted by molar-refractivity contribution is 7.92. The first-order chi connectivity index (χ1) is 14.4. The molecule has 30 heavy (non-hydrogen) atoms. The molecule has 0 aliphatic carbocycles. The second kappa shape index (κ2) is 8.03. The molecule has 2 amide bonds. The van der Waals surface area contributed by atoms with Crippen molar-refractivity contribution < 1.29 is 22.4 Å². The number of carbonyl (C=O) groups excluding carboxylic acids is 2. The van der Waals surface area contributed by atoms with Gasteiger partial charge in [0, 0.05) is 17.8 Å². The maximum absolute atomic E-state index is 12.9.